The highest BCUT2D eigenvalue weighted by atomic mass is 19.4. The van der Waals surface area contributed by atoms with Crippen LogP contribution in [0.25, 0.3) is 0 Å². The first kappa shape index (κ1) is 20.8. The van der Waals surface area contributed by atoms with Crippen LogP contribution < -0.4 is 0 Å². The molecule has 2 N–H and O–H groups in total. The number of hydrogen-bond donors (Lipinski definition) is 2. The molecule has 0 radical (unpaired) electrons. The molecule has 3 atom stereocenters. The molecule has 0 heterocycles. The first-order valence-electron chi connectivity index (χ1n) is 7.79. The number of aliphatic hydroxyl groups is 2. The number of nitrogens with zero attached hydrogens (tertiary/aromatic N) is 1. The zero-order valence-corrected chi connectivity index (χ0v) is 13.9. The molecule has 152 valence electrons. The number of benzene rings is 2. The summed E-state index contributed by atoms with van der Waals surface area (Å²) in [6.07, 6.45) is -9.63. The number of carbonyl (C=O) groups excluding carboxylic acids is 1. The second-order valence-corrected chi connectivity index (χ2v) is 6.24. The number of ketones is 1. The maximum absolute atomic E-state index is 14.2. The Morgan fingerprint density at radius 2 is 1.59 bits per heavy atom. The molecule has 0 aromatic heterocycles. The number of halogens is 7. The maximum Gasteiger partial charge on any atom is 0.416 e. The number of alkyl halides is 3. The van der Waals surface area contributed by atoms with Crippen LogP contribution in [0.4, 0.5) is 30.7 Å². The van der Waals surface area contributed by atoms with Crippen molar-refractivity contribution in [1.82, 2.24) is 0 Å². The van der Waals surface area contributed by atoms with Gasteiger partial charge in [-0.2, -0.15) is 18.4 Å². The van der Waals surface area contributed by atoms with Gasteiger partial charge in [0.25, 0.3) is 0 Å². The second-order valence-electron chi connectivity index (χ2n) is 6.24. The SMILES string of the molecule is N#Cc1c(F)c(F)c(C(O)C2C(=O)c3ccc(C(F)(F)F)cc3C2O)c(F)c1F. The Balaban J connectivity index is 2.11. The highest BCUT2D eigenvalue weighted by Gasteiger charge is 2.47. The molecule has 0 fully saturated rings. The van der Waals surface area contributed by atoms with Crippen molar-refractivity contribution in [2.45, 2.75) is 18.4 Å². The van der Waals surface area contributed by atoms with E-state index in [1.807, 2.05) is 0 Å². The molecule has 0 saturated carbocycles. The maximum atomic E-state index is 14.2. The lowest BCUT2D eigenvalue weighted by Gasteiger charge is -2.22. The average molecular weight is 419 g/mol. The van der Waals surface area contributed by atoms with Gasteiger partial charge in [0.05, 0.1) is 29.3 Å². The summed E-state index contributed by atoms with van der Waals surface area (Å²) in [5, 5.41) is 29.0. The number of nitriles is 1. The largest absolute Gasteiger partial charge is 0.416 e. The zero-order valence-electron chi connectivity index (χ0n) is 13.9. The Kier molecular flexibility index (Phi) is 4.88. The number of fused-ring (bicyclic) bond motifs is 1. The van der Waals surface area contributed by atoms with Gasteiger partial charge in [-0.25, -0.2) is 17.6 Å². The Labute approximate surface area is 157 Å². The Morgan fingerprint density at radius 1 is 1.03 bits per heavy atom. The lowest BCUT2D eigenvalue weighted by atomic mass is 9.89. The molecule has 0 spiro atoms. The van der Waals surface area contributed by atoms with Crippen LogP contribution >= 0.6 is 0 Å². The van der Waals surface area contributed by atoms with Gasteiger partial charge in [0.1, 0.15) is 11.6 Å². The number of Topliss-reactive ketones (excluding diaryl/α,β-unsaturated/α-hetero) is 1. The molecule has 4 nitrogen and oxygen atoms in total. The molecular weight excluding hydrogens is 411 g/mol. The summed E-state index contributed by atoms with van der Waals surface area (Å²) in [7, 11) is 0. The van der Waals surface area contributed by atoms with E-state index >= 15 is 0 Å². The molecule has 0 bridgehead atoms. The third-order valence-corrected chi connectivity index (χ3v) is 4.65. The van der Waals surface area contributed by atoms with Crippen molar-refractivity contribution in [3.8, 4) is 6.07 Å². The van der Waals surface area contributed by atoms with Gasteiger partial charge >= 0.3 is 6.18 Å². The van der Waals surface area contributed by atoms with E-state index in [0.717, 1.165) is 6.07 Å². The summed E-state index contributed by atoms with van der Waals surface area (Å²) in [5.74, 6) is -11.9. The van der Waals surface area contributed by atoms with Crippen LogP contribution in [0.5, 0.6) is 0 Å². The first-order valence-corrected chi connectivity index (χ1v) is 7.79. The third kappa shape index (κ3) is 3.04. The van der Waals surface area contributed by atoms with Crippen molar-refractivity contribution in [1.29, 1.82) is 5.26 Å². The molecular formula is C18H8F7NO3. The van der Waals surface area contributed by atoms with Crippen LogP contribution in [0.15, 0.2) is 18.2 Å². The summed E-state index contributed by atoms with van der Waals surface area (Å²) < 4.78 is 94.5. The number of hydrogen-bond acceptors (Lipinski definition) is 4. The van der Waals surface area contributed by atoms with E-state index < -0.39 is 81.2 Å². The molecule has 0 aliphatic heterocycles. The fraction of sp³-hybridized carbons (Fsp3) is 0.222. The molecule has 29 heavy (non-hydrogen) atoms. The summed E-state index contributed by atoms with van der Waals surface area (Å²) in [6, 6.07) is 2.57. The van der Waals surface area contributed by atoms with Gasteiger partial charge in [-0.1, -0.05) is 6.07 Å². The van der Waals surface area contributed by atoms with Crippen molar-refractivity contribution >= 4 is 5.78 Å². The third-order valence-electron chi connectivity index (χ3n) is 4.65. The van der Waals surface area contributed by atoms with Crippen molar-refractivity contribution in [3.63, 3.8) is 0 Å². The van der Waals surface area contributed by atoms with E-state index in [-0.39, 0.29) is 0 Å². The lowest BCUT2D eigenvalue weighted by Crippen LogP contribution is -2.25. The van der Waals surface area contributed by atoms with E-state index in [4.69, 9.17) is 5.26 Å². The second kappa shape index (κ2) is 6.82. The number of aliphatic hydroxyl groups excluding tert-OH is 2. The summed E-state index contributed by atoms with van der Waals surface area (Å²) >= 11 is 0. The van der Waals surface area contributed by atoms with Gasteiger partial charge < -0.3 is 10.2 Å². The predicted molar refractivity (Wildman–Crippen MR) is 80.2 cm³/mol. The van der Waals surface area contributed by atoms with Gasteiger partial charge in [-0.15, -0.1) is 0 Å². The van der Waals surface area contributed by atoms with Crippen molar-refractivity contribution < 1.29 is 45.7 Å². The van der Waals surface area contributed by atoms with E-state index in [1.54, 1.807) is 0 Å². The summed E-state index contributed by atoms with van der Waals surface area (Å²) in [5.41, 5.74) is -5.52. The molecule has 2 aromatic carbocycles. The Hall–Kier alpha value is -2.97. The lowest BCUT2D eigenvalue weighted by molar-refractivity contribution is -0.137. The van der Waals surface area contributed by atoms with Crippen molar-refractivity contribution in [3.05, 3.63) is 69.3 Å². The highest BCUT2D eigenvalue weighted by Crippen LogP contribution is 2.46. The summed E-state index contributed by atoms with van der Waals surface area (Å²) in [6.45, 7) is 0. The fourth-order valence-corrected chi connectivity index (χ4v) is 3.23. The van der Waals surface area contributed by atoms with E-state index in [9.17, 15) is 45.7 Å². The van der Waals surface area contributed by atoms with Gasteiger partial charge in [0.15, 0.2) is 29.1 Å². The standard InChI is InChI=1S/C18H8F7NO3/c19-11-8(4-26)12(20)14(22)9(13(11)21)17(29)10-15(27)6-2-1-5(18(23,24)25)3-7(6)16(10)28/h1-3,10,16-17,28-29H. The van der Waals surface area contributed by atoms with Crippen molar-refractivity contribution in [2.75, 3.05) is 0 Å². The van der Waals surface area contributed by atoms with Crippen LogP contribution in [0, 0.1) is 40.5 Å². The van der Waals surface area contributed by atoms with Crippen LogP contribution in [0.3, 0.4) is 0 Å². The van der Waals surface area contributed by atoms with E-state index in [2.05, 4.69) is 0 Å². The highest BCUT2D eigenvalue weighted by molar-refractivity contribution is 6.03. The van der Waals surface area contributed by atoms with Gasteiger partial charge in [0.2, 0.25) is 0 Å². The minimum atomic E-state index is -4.83. The Morgan fingerprint density at radius 3 is 2.07 bits per heavy atom. The zero-order chi connectivity index (χ0) is 21.8. The minimum absolute atomic E-state index is 0.428. The van der Waals surface area contributed by atoms with E-state index in [1.165, 1.54) is 0 Å². The van der Waals surface area contributed by atoms with Gasteiger partial charge in [0, 0.05) is 5.56 Å². The first-order chi connectivity index (χ1) is 13.4. The van der Waals surface area contributed by atoms with Crippen LogP contribution in [-0.2, 0) is 6.18 Å². The van der Waals surface area contributed by atoms with Gasteiger partial charge in [-0.3, -0.25) is 4.79 Å². The molecule has 1 aliphatic carbocycles. The van der Waals surface area contributed by atoms with Crippen LogP contribution in [0.2, 0.25) is 0 Å². The number of rotatable bonds is 2. The predicted octanol–water partition coefficient (Wildman–Crippen LogP) is 3.71. The Bertz CT molecular complexity index is 1050. The molecule has 0 saturated heterocycles. The molecule has 1 aliphatic rings. The topological polar surface area (TPSA) is 81.3 Å². The monoisotopic (exact) mass is 419 g/mol. The van der Waals surface area contributed by atoms with Crippen LogP contribution in [-0.4, -0.2) is 16.0 Å². The summed E-state index contributed by atoms with van der Waals surface area (Å²) in [4.78, 5) is 12.4. The van der Waals surface area contributed by atoms with Crippen molar-refractivity contribution in [2.24, 2.45) is 5.92 Å². The average Bonchev–Trinajstić information content (AvgIpc) is 2.90. The van der Waals surface area contributed by atoms with Gasteiger partial charge in [-0.05, 0) is 17.7 Å². The van der Waals surface area contributed by atoms with E-state index in [0.29, 0.717) is 18.2 Å². The fourth-order valence-electron chi connectivity index (χ4n) is 3.23. The normalized spacial score (nSPS) is 19.8. The molecule has 3 unspecified atom stereocenters. The molecule has 3 rings (SSSR count). The molecule has 0 amide bonds. The molecule has 11 heteroatoms. The molecule has 2 aromatic rings. The number of carbonyl (C=O) groups is 1. The van der Waals surface area contributed by atoms with Crippen LogP contribution in [0.1, 0.15) is 44.8 Å². The quantitative estimate of drug-likeness (QED) is 0.575. The smallest absolute Gasteiger partial charge is 0.388 e. The minimum Gasteiger partial charge on any atom is -0.388 e.